The fourth-order valence-corrected chi connectivity index (χ4v) is 1.85. The normalized spacial score (nSPS) is 11.9. The minimum Gasteiger partial charge on any atom is -0.508 e. The van der Waals surface area contributed by atoms with Crippen molar-refractivity contribution in [1.82, 2.24) is 19.8 Å². The zero-order valence-electron chi connectivity index (χ0n) is 10.5. The molecule has 0 fully saturated rings. The van der Waals surface area contributed by atoms with Crippen molar-refractivity contribution >= 4 is 5.65 Å². The third kappa shape index (κ3) is 2.07. The van der Waals surface area contributed by atoms with E-state index in [1.54, 1.807) is 24.3 Å². The molecule has 0 aliphatic carbocycles. The van der Waals surface area contributed by atoms with E-state index in [2.05, 4.69) is 15.3 Å². The van der Waals surface area contributed by atoms with E-state index >= 15 is 0 Å². The predicted octanol–water partition coefficient (Wildman–Crippen LogP) is 2.61. The molecule has 2 heterocycles. The number of fused-ring (bicyclic) bond motifs is 1. The van der Waals surface area contributed by atoms with Crippen LogP contribution >= 0.6 is 0 Å². The molecule has 0 aliphatic heterocycles. The van der Waals surface area contributed by atoms with Crippen LogP contribution in [0.5, 0.6) is 5.75 Å². The minimum absolute atomic E-state index is 0.125. The highest BCUT2D eigenvalue weighted by Gasteiger charge is 2.31. The second kappa shape index (κ2) is 4.22. The van der Waals surface area contributed by atoms with Gasteiger partial charge >= 0.3 is 5.92 Å². The molecule has 0 unspecified atom stereocenters. The SMILES string of the molecule is CC(F)(F)c1nnc2ccc(-c3ccc(O)cc3)nn12. The summed E-state index contributed by atoms with van der Waals surface area (Å²) >= 11 is 0. The van der Waals surface area contributed by atoms with Crippen molar-refractivity contribution in [2.75, 3.05) is 0 Å². The maximum absolute atomic E-state index is 13.4. The summed E-state index contributed by atoms with van der Waals surface area (Å²) in [5.41, 5.74) is 1.44. The Morgan fingerprint density at radius 1 is 1.05 bits per heavy atom. The van der Waals surface area contributed by atoms with E-state index in [9.17, 15) is 13.9 Å². The van der Waals surface area contributed by atoms with Crippen molar-refractivity contribution in [3.8, 4) is 17.0 Å². The number of hydrogen-bond donors (Lipinski definition) is 1. The summed E-state index contributed by atoms with van der Waals surface area (Å²) in [5.74, 6) is -3.51. The van der Waals surface area contributed by atoms with Gasteiger partial charge in [0.1, 0.15) is 5.75 Å². The molecule has 102 valence electrons. The van der Waals surface area contributed by atoms with E-state index < -0.39 is 11.7 Å². The highest BCUT2D eigenvalue weighted by atomic mass is 19.3. The molecule has 5 nitrogen and oxygen atoms in total. The van der Waals surface area contributed by atoms with Crippen LogP contribution in [0.2, 0.25) is 0 Å². The number of aromatic nitrogens is 4. The van der Waals surface area contributed by atoms with Crippen molar-refractivity contribution in [3.05, 3.63) is 42.2 Å². The first kappa shape index (κ1) is 12.5. The molecule has 0 bridgehead atoms. The fourth-order valence-electron chi connectivity index (χ4n) is 1.85. The van der Waals surface area contributed by atoms with Crippen LogP contribution in [0.25, 0.3) is 16.9 Å². The quantitative estimate of drug-likeness (QED) is 0.781. The van der Waals surface area contributed by atoms with Crippen molar-refractivity contribution in [2.24, 2.45) is 0 Å². The van der Waals surface area contributed by atoms with E-state index in [-0.39, 0.29) is 11.4 Å². The van der Waals surface area contributed by atoms with Crippen molar-refractivity contribution < 1.29 is 13.9 Å². The van der Waals surface area contributed by atoms with Crippen LogP contribution in [0.4, 0.5) is 8.78 Å². The average Bonchev–Trinajstić information content (AvgIpc) is 2.82. The smallest absolute Gasteiger partial charge is 0.305 e. The Morgan fingerprint density at radius 2 is 1.75 bits per heavy atom. The topological polar surface area (TPSA) is 63.3 Å². The summed E-state index contributed by atoms with van der Waals surface area (Å²) in [6.45, 7) is 0.748. The molecule has 1 N–H and O–H groups in total. The van der Waals surface area contributed by atoms with Crippen molar-refractivity contribution in [3.63, 3.8) is 0 Å². The Hall–Kier alpha value is -2.57. The van der Waals surface area contributed by atoms with Gasteiger partial charge in [-0.1, -0.05) is 0 Å². The lowest BCUT2D eigenvalue weighted by molar-refractivity contribution is 0.00564. The summed E-state index contributed by atoms with van der Waals surface area (Å²) in [4.78, 5) is 0. The molecular weight excluding hydrogens is 266 g/mol. The number of halogens is 2. The molecule has 0 saturated carbocycles. The van der Waals surface area contributed by atoms with Gasteiger partial charge in [-0.25, -0.2) is 0 Å². The summed E-state index contributed by atoms with van der Waals surface area (Å²) in [6.07, 6.45) is 0. The first-order valence-corrected chi connectivity index (χ1v) is 5.85. The Bertz CT molecular complexity index is 762. The van der Waals surface area contributed by atoms with Crippen molar-refractivity contribution in [1.29, 1.82) is 0 Å². The summed E-state index contributed by atoms with van der Waals surface area (Å²) < 4.78 is 27.8. The third-order valence-electron chi connectivity index (χ3n) is 2.82. The summed E-state index contributed by atoms with van der Waals surface area (Å²) in [5, 5.41) is 20.5. The van der Waals surface area contributed by atoms with Crippen LogP contribution in [0.1, 0.15) is 12.7 Å². The molecule has 0 spiro atoms. The van der Waals surface area contributed by atoms with E-state index in [1.165, 1.54) is 12.1 Å². The van der Waals surface area contributed by atoms with Crippen molar-refractivity contribution in [2.45, 2.75) is 12.8 Å². The Labute approximate surface area is 112 Å². The lowest BCUT2D eigenvalue weighted by Gasteiger charge is -2.07. The average molecular weight is 276 g/mol. The molecule has 3 aromatic rings. The Kier molecular flexibility index (Phi) is 2.63. The highest BCUT2D eigenvalue weighted by molar-refractivity contribution is 5.61. The molecule has 0 saturated heterocycles. The van der Waals surface area contributed by atoms with Gasteiger partial charge in [0.2, 0.25) is 5.82 Å². The minimum atomic E-state index is -3.13. The molecule has 1 aromatic carbocycles. The number of phenolic OH excluding ortho intramolecular Hbond substituents is 1. The molecular formula is C13H10F2N4O. The van der Waals surface area contributed by atoms with Gasteiger partial charge in [0.15, 0.2) is 5.65 Å². The molecule has 2 aromatic heterocycles. The van der Waals surface area contributed by atoms with Crippen LogP contribution < -0.4 is 0 Å². The van der Waals surface area contributed by atoms with Crippen LogP contribution in [-0.4, -0.2) is 24.9 Å². The van der Waals surface area contributed by atoms with E-state index in [4.69, 9.17) is 0 Å². The van der Waals surface area contributed by atoms with Crippen LogP contribution in [0.15, 0.2) is 36.4 Å². The zero-order chi connectivity index (χ0) is 14.3. The summed E-state index contributed by atoms with van der Waals surface area (Å²) in [7, 11) is 0. The lowest BCUT2D eigenvalue weighted by atomic mass is 10.1. The monoisotopic (exact) mass is 276 g/mol. The number of benzene rings is 1. The van der Waals surface area contributed by atoms with E-state index in [0.717, 1.165) is 11.4 Å². The molecule has 3 rings (SSSR count). The van der Waals surface area contributed by atoms with Gasteiger partial charge in [0, 0.05) is 12.5 Å². The maximum atomic E-state index is 13.4. The molecule has 0 amide bonds. The van der Waals surface area contributed by atoms with Gasteiger partial charge in [-0.15, -0.1) is 10.2 Å². The number of phenols is 1. The number of hydrogen-bond acceptors (Lipinski definition) is 4. The van der Waals surface area contributed by atoms with Gasteiger partial charge < -0.3 is 5.11 Å². The molecule has 0 atom stereocenters. The second-order valence-electron chi connectivity index (χ2n) is 4.45. The van der Waals surface area contributed by atoms with Crippen LogP contribution in [0.3, 0.4) is 0 Å². The fraction of sp³-hybridized carbons (Fsp3) is 0.154. The molecule has 20 heavy (non-hydrogen) atoms. The van der Waals surface area contributed by atoms with Crippen LogP contribution in [-0.2, 0) is 5.92 Å². The van der Waals surface area contributed by atoms with Gasteiger partial charge in [-0.2, -0.15) is 18.4 Å². The first-order valence-electron chi connectivity index (χ1n) is 5.85. The van der Waals surface area contributed by atoms with E-state index in [0.29, 0.717) is 11.3 Å². The highest BCUT2D eigenvalue weighted by Crippen LogP contribution is 2.26. The lowest BCUT2D eigenvalue weighted by Crippen LogP contribution is -2.14. The maximum Gasteiger partial charge on any atom is 0.305 e. The van der Waals surface area contributed by atoms with Gasteiger partial charge in [-0.3, -0.25) is 0 Å². The predicted molar refractivity (Wildman–Crippen MR) is 67.5 cm³/mol. The Balaban J connectivity index is 2.16. The van der Waals surface area contributed by atoms with Gasteiger partial charge in [0.05, 0.1) is 5.69 Å². The van der Waals surface area contributed by atoms with Crippen LogP contribution in [0, 0.1) is 0 Å². The molecule has 7 heteroatoms. The van der Waals surface area contributed by atoms with Gasteiger partial charge in [-0.05, 0) is 36.4 Å². The summed E-state index contributed by atoms with van der Waals surface area (Å²) in [6, 6.07) is 9.53. The van der Waals surface area contributed by atoms with Gasteiger partial charge in [0.25, 0.3) is 0 Å². The van der Waals surface area contributed by atoms with E-state index in [1.807, 2.05) is 0 Å². The first-order chi connectivity index (χ1) is 9.45. The standard InChI is InChI=1S/C13H10F2N4O/c1-13(14,15)12-17-16-11-7-6-10(18-19(11)12)8-2-4-9(20)5-3-8/h2-7,20H,1H3. The zero-order valence-corrected chi connectivity index (χ0v) is 10.5. The number of rotatable bonds is 2. The second-order valence-corrected chi connectivity index (χ2v) is 4.45. The largest absolute Gasteiger partial charge is 0.508 e. The third-order valence-corrected chi connectivity index (χ3v) is 2.82. The molecule has 0 aliphatic rings. The number of aromatic hydroxyl groups is 1. The number of nitrogens with zero attached hydrogens (tertiary/aromatic N) is 4. The number of alkyl halides is 2. The molecule has 0 radical (unpaired) electrons. The Morgan fingerprint density at radius 3 is 2.40 bits per heavy atom.